The van der Waals surface area contributed by atoms with Gasteiger partial charge in [-0.25, -0.2) is 9.97 Å². The molecule has 0 saturated carbocycles. The van der Waals surface area contributed by atoms with Crippen LogP contribution in [0.3, 0.4) is 0 Å². The first kappa shape index (κ1) is 16.7. The zero-order valence-corrected chi connectivity index (χ0v) is 15.6. The molecule has 1 aliphatic heterocycles. The number of fused-ring (bicyclic) bond motifs is 1. The quantitative estimate of drug-likeness (QED) is 0.554. The zero-order valence-electron chi connectivity index (χ0n) is 15.6. The highest BCUT2D eigenvalue weighted by atomic mass is 16.2. The van der Waals surface area contributed by atoms with Crippen molar-refractivity contribution in [2.45, 2.75) is 12.5 Å². The van der Waals surface area contributed by atoms with Crippen LogP contribution >= 0.6 is 0 Å². The summed E-state index contributed by atoms with van der Waals surface area (Å²) < 4.78 is 3.82. The molecule has 1 saturated heterocycles. The first-order chi connectivity index (χ1) is 13.7. The van der Waals surface area contributed by atoms with Crippen molar-refractivity contribution >= 4 is 16.8 Å². The van der Waals surface area contributed by atoms with Gasteiger partial charge in [-0.1, -0.05) is 18.2 Å². The topological polar surface area (TPSA) is 68.8 Å². The lowest BCUT2D eigenvalue weighted by molar-refractivity contribution is 0.0789. The molecule has 5 rings (SSSR count). The van der Waals surface area contributed by atoms with E-state index in [9.17, 15) is 4.79 Å². The van der Waals surface area contributed by atoms with E-state index in [2.05, 4.69) is 14.6 Å². The molecule has 1 atom stereocenters. The van der Waals surface area contributed by atoms with Crippen LogP contribution in [0.25, 0.3) is 22.2 Å². The molecule has 1 amide bonds. The largest absolute Gasteiger partial charge is 0.336 e. The minimum Gasteiger partial charge on any atom is -0.336 e. The average molecular weight is 372 g/mol. The molecule has 4 heterocycles. The number of aromatic nitrogens is 5. The first-order valence-corrected chi connectivity index (χ1v) is 9.34. The Kier molecular flexibility index (Phi) is 3.93. The maximum Gasteiger partial charge on any atom is 0.254 e. The smallest absolute Gasteiger partial charge is 0.254 e. The second kappa shape index (κ2) is 6.60. The fourth-order valence-corrected chi connectivity index (χ4v) is 3.88. The van der Waals surface area contributed by atoms with Crippen molar-refractivity contribution in [2.75, 3.05) is 13.1 Å². The second-order valence-corrected chi connectivity index (χ2v) is 7.18. The molecule has 1 fully saturated rings. The lowest BCUT2D eigenvalue weighted by Crippen LogP contribution is -2.29. The fourth-order valence-electron chi connectivity index (χ4n) is 3.88. The fraction of sp³-hybridized carbons (Fsp3) is 0.238. The summed E-state index contributed by atoms with van der Waals surface area (Å²) in [5, 5.41) is 5.12. The predicted molar refractivity (Wildman–Crippen MR) is 106 cm³/mol. The van der Waals surface area contributed by atoms with E-state index >= 15 is 0 Å². The van der Waals surface area contributed by atoms with Crippen LogP contribution in [0.15, 0.2) is 61.4 Å². The van der Waals surface area contributed by atoms with E-state index in [4.69, 9.17) is 4.98 Å². The minimum absolute atomic E-state index is 0.0476. The normalized spacial score (nSPS) is 16.8. The monoisotopic (exact) mass is 372 g/mol. The van der Waals surface area contributed by atoms with Gasteiger partial charge in [0.05, 0.1) is 35.3 Å². The van der Waals surface area contributed by atoms with Gasteiger partial charge >= 0.3 is 0 Å². The summed E-state index contributed by atoms with van der Waals surface area (Å²) >= 11 is 0. The number of benzene rings is 1. The number of aryl methyl sites for hydroxylation is 1. The molecule has 4 aromatic rings. The molecular formula is C21H20N6O. The van der Waals surface area contributed by atoms with E-state index in [0.29, 0.717) is 12.1 Å². The molecule has 140 valence electrons. The van der Waals surface area contributed by atoms with Crippen LogP contribution in [0.1, 0.15) is 22.8 Å². The number of nitrogens with zero attached hydrogens (tertiary/aromatic N) is 6. The number of carbonyl (C=O) groups is 1. The van der Waals surface area contributed by atoms with Crippen LogP contribution in [0, 0.1) is 0 Å². The maximum absolute atomic E-state index is 13.4. The van der Waals surface area contributed by atoms with E-state index in [-0.39, 0.29) is 11.9 Å². The molecule has 0 radical (unpaired) electrons. The number of hydrogen-bond acceptors (Lipinski definition) is 4. The molecule has 1 unspecified atom stereocenters. The van der Waals surface area contributed by atoms with E-state index in [1.807, 2.05) is 61.0 Å². The molecule has 0 aliphatic carbocycles. The number of imidazole rings is 1. The Bertz CT molecular complexity index is 1150. The highest BCUT2D eigenvalue weighted by Gasteiger charge is 2.29. The lowest BCUT2D eigenvalue weighted by Gasteiger charge is -2.18. The molecule has 28 heavy (non-hydrogen) atoms. The Hall–Kier alpha value is -3.48. The molecule has 7 heteroatoms. The minimum atomic E-state index is 0.0476. The molecule has 0 spiro atoms. The summed E-state index contributed by atoms with van der Waals surface area (Å²) in [6.45, 7) is 1.43. The van der Waals surface area contributed by atoms with Crippen molar-refractivity contribution in [2.24, 2.45) is 7.05 Å². The Morgan fingerprint density at radius 1 is 1.25 bits per heavy atom. The molecule has 0 bridgehead atoms. The van der Waals surface area contributed by atoms with Crippen molar-refractivity contribution in [1.82, 2.24) is 29.2 Å². The van der Waals surface area contributed by atoms with E-state index in [0.717, 1.165) is 35.1 Å². The van der Waals surface area contributed by atoms with Crippen LogP contribution in [0.4, 0.5) is 0 Å². The van der Waals surface area contributed by atoms with Gasteiger partial charge in [0.1, 0.15) is 0 Å². The van der Waals surface area contributed by atoms with Gasteiger partial charge in [0.2, 0.25) is 0 Å². The second-order valence-electron chi connectivity index (χ2n) is 7.18. The van der Waals surface area contributed by atoms with E-state index in [1.165, 1.54) is 0 Å². The molecule has 1 aliphatic rings. The van der Waals surface area contributed by atoms with Crippen LogP contribution in [0.5, 0.6) is 0 Å². The summed E-state index contributed by atoms with van der Waals surface area (Å²) in [4.78, 5) is 24.2. The SMILES string of the molecule is Cn1cc(-c2cc(C(=O)N3CCC(n4ccnc4)C3)c3ccccc3n2)cn1. The highest BCUT2D eigenvalue weighted by molar-refractivity contribution is 6.07. The van der Waals surface area contributed by atoms with Gasteiger partial charge in [0.25, 0.3) is 5.91 Å². The van der Waals surface area contributed by atoms with Crippen LogP contribution < -0.4 is 0 Å². The molecule has 1 aromatic carbocycles. The molecule has 3 aromatic heterocycles. The number of para-hydroxylation sites is 1. The third-order valence-corrected chi connectivity index (χ3v) is 5.34. The van der Waals surface area contributed by atoms with Gasteiger partial charge in [-0.15, -0.1) is 0 Å². The van der Waals surface area contributed by atoms with Crippen molar-refractivity contribution < 1.29 is 4.79 Å². The first-order valence-electron chi connectivity index (χ1n) is 9.34. The maximum atomic E-state index is 13.4. The highest BCUT2D eigenvalue weighted by Crippen LogP contribution is 2.28. The van der Waals surface area contributed by atoms with Crippen molar-refractivity contribution in [3.63, 3.8) is 0 Å². The van der Waals surface area contributed by atoms with E-state index < -0.39 is 0 Å². The zero-order chi connectivity index (χ0) is 19.1. The number of carbonyl (C=O) groups excluding carboxylic acids is 1. The Labute approximate surface area is 162 Å². The number of amides is 1. The number of pyridine rings is 1. The molecular weight excluding hydrogens is 352 g/mol. The Morgan fingerprint density at radius 3 is 2.93 bits per heavy atom. The van der Waals surface area contributed by atoms with Crippen LogP contribution in [0.2, 0.25) is 0 Å². The van der Waals surface area contributed by atoms with Crippen LogP contribution in [-0.2, 0) is 7.05 Å². The van der Waals surface area contributed by atoms with E-state index in [1.54, 1.807) is 17.1 Å². The molecule has 0 N–H and O–H groups in total. The van der Waals surface area contributed by atoms with Gasteiger partial charge < -0.3 is 9.47 Å². The number of rotatable bonds is 3. The average Bonchev–Trinajstić information content (AvgIpc) is 3.47. The third-order valence-electron chi connectivity index (χ3n) is 5.34. The number of hydrogen-bond donors (Lipinski definition) is 0. The van der Waals surface area contributed by atoms with Gasteiger partial charge in [-0.05, 0) is 18.6 Å². The lowest BCUT2D eigenvalue weighted by atomic mass is 10.0. The summed E-state index contributed by atoms with van der Waals surface area (Å²) in [7, 11) is 1.87. The van der Waals surface area contributed by atoms with Crippen molar-refractivity contribution in [3.8, 4) is 11.3 Å². The summed E-state index contributed by atoms with van der Waals surface area (Å²) in [6, 6.07) is 9.98. The van der Waals surface area contributed by atoms with Gasteiger partial charge in [-0.2, -0.15) is 5.10 Å². The summed E-state index contributed by atoms with van der Waals surface area (Å²) in [5.74, 6) is 0.0476. The standard InChI is InChI=1S/C21H20N6O/c1-25-12-15(11-23-25)20-10-18(17-4-2-3-5-19(17)24-20)21(28)26-8-6-16(13-26)27-9-7-22-14-27/h2-5,7,9-12,14,16H,6,8,13H2,1H3. The predicted octanol–water partition coefficient (Wildman–Crippen LogP) is 2.92. The van der Waals surface area contributed by atoms with Gasteiger partial charge in [0.15, 0.2) is 0 Å². The summed E-state index contributed by atoms with van der Waals surface area (Å²) in [5.41, 5.74) is 3.17. The third kappa shape index (κ3) is 2.85. The Morgan fingerprint density at radius 2 is 2.14 bits per heavy atom. The van der Waals surface area contributed by atoms with Crippen LogP contribution in [-0.4, -0.2) is 48.2 Å². The summed E-state index contributed by atoms with van der Waals surface area (Å²) in [6.07, 6.45) is 10.2. The Balaban J connectivity index is 1.53. The van der Waals surface area contributed by atoms with Crippen molar-refractivity contribution in [1.29, 1.82) is 0 Å². The van der Waals surface area contributed by atoms with Gasteiger partial charge in [0, 0.05) is 49.7 Å². The number of likely N-dealkylation sites (tertiary alicyclic amines) is 1. The molecule has 7 nitrogen and oxygen atoms in total. The van der Waals surface area contributed by atoms with Gasteiger partial charge in [-0.3, -0.25) is 9.48 Å². The van der Waals surface area contributed by atoms with Crippen molar-refractivity contribution in [3.05, 3.63) is 67.0 Å².